The number of nitrogens with zero attached hydrogens (tertiary/aromatic N) is 2. The molecule has 0 fully saturated rings. The molecular weight excluding hydrogens is 436 g/mol. The lowest BCUT2D eigenvalue weighted by molar-refractivity contribution is -0.119. The summed E-state index contributed by atoms with van der Waals surface area (Å²) in [5.41, 5.74) is 5.06. The maximum Gasteiger partial charge on any atom is 0.258 e. The third-order valence-corrected chi connectivity index (χ3v) is 5.60. The van der Waals surface area contributed by atoms with Crippen LogP contribution in [0.15, 0.2) is 72.8 Å². The van der Waals surface area contributed by atoms with E-state index in [0.29, 0.717) is 28.5 Å². The van der Waals surface area contributed by atoms with Crippen LogP contribution in [0, 0.1) is 0 Å². The molecule has 0 spiro atoms. The highest BCUT2D eigenvalue weighted by atomic mass is 35.5. The normalized spacial score (nSPS) is 14.0. The van der Waals surface area contributed by atoms with Crippen molar-refractivity contribution in [3.8, 4) is 0 Å². The van der Waals surface area contributed by atoms with Gasteiger partial charge in [-0.15, -0.1) is 0 Å². The molecule has 168 valence electrons. The standard InChI is InChI=1S/C26H25ClN4O2/c1-30(2)16-23(32)31(3)20-11-7-10-19(15-20)28-25(17-8-5-4-6-9-17)24-21-13-12-18(27)14-22(21)29-26(24)33/h4-15,28H,16H2,1-3H3,(H,29,33). The van der Waals surface area contributed by atoms with Gasteiger partial charge in [-0.2, -0.15) is 0 Å². The number of rotatable bonds is 6. The van der Waals surface area contributed by atoms with Crippen LogP contribution in [-0.2, 0) is 9.59 Å². The van der Waals surface area contributed by atoms with E-state index in [1.165, 1.54) is 0 Å². The van der Waals surface area contributed by atoms with Gasteiger partial charge in [0.05, 0.1) is 23.5 Å². The van der Waals surface area contributed by atoms with Gasteiger partial charge < -0.3 is 20.4 Å². The van der Waals surface area contributed by atoms with E-state index < -0.39 is 0 Å². The molecule has 0 unspecified atom stereocenters. The number of carbonyl (C=O) groups is 2. The number of halogens is 1. The van der Waals surface area contributed by atoms with Crippen molar-refractivity contribution >= 4 is 51.7 Å². The van der Waals surface area contributed by atoms with Gasteiger partial charge in [-0.3, -0.25) is 9.59 Å². The van der Waals surface area contributed by atoms with Crippen molar-refractivity contribution in [3.05, 3.63) is 88.9 Å². The van der Waals surface area contributed by atoms with Gasteiger partial charge in [0.25, 0.3) is 5.91 Å². The number of carbonyl (C=O) groups excluding carboxylic acids is 2. The molecule has 6 nitrogen and oxygen atoms in total. The van der Waals surface area contributed by atoms with Crippen molar-refractivity contribution in [2.45, 2.75) is 0 Å². The number of amides is 2. The molecular formula is C26H25ClN4O2. The fraction of sp³-hybridized carbons (Fsp3) is 0.154. The van der Waals surface area contributed by atoms with Crippen molar-refractivity contribution in [2.24, 2.45) is 0 Å². The van der Waals surface area contributed by atoms with E-state index >= 15 is 0 Å². The number of nitrogens with one attached hydrogen (secondary N) is 2. The summed E-state index contributed by atoms with van der Waals surface area (Å²) in [4.78, 5) is 29.0. The van der Waals surface area contributed by atoms with Crippen LogP contribution in [0.2, 0.25) is 5.02 Å². The van der Waals surface area contributed by atoms with Crippen LogP contribution in [-0.4, -0.2) is 44.4 Å². The molecule has 2 amide bonds. The second kappa shape index (κ2) is 9.48. The van der Waals surface area contributed by atoms with E-state index in [1.54, 1.807) is 24.1 Å². The van der Waals surface area contributed by atoms with E-state index in [4.69, 9.17) is 11.6 Å². The lowest BCUT2D eigenvalue weighted by Gasteiger charge is -2.21. The van der Waals surface area contributed by atoms with Crippen molar-refractivity contribution < 1.29 is 9.59 Å². The van der Waals surface area contributed by atoms with Gasteiger partial charge >= 0.3 is 0 Å². The van der Waals surface area contributed by atoms with Crippen molar-refractivity contribution in [1.82, 2.24) is 4.90 Å². The lowest BCUT2D eigenvalue weighted by atomic mass is 10.00. The average molecular weight is 461 g/mol. The maximum absolute atomic E-state index is 13.0. The van der Waals surface area contributed by atoms with Crippen LogP contribution in [0.5, 0.6) is 0 Å². The number of hydrogen-bond acceptors (Lipinski definition) is 4. The van der Waals surface area contributed by atoms with E-state index in [9.17, 15) is 9.59 Å². The Hall–Kier alpha value is -3.61. The molecule has 0 aliphatic carbocycles. The molecule has 2 N–H and O–H groups in total. The third kappa shape index (κ3) is 4.92. The van der Waals surface area contributed by atoms with E-state index in [2.05, 4.69) is 10.6 Å². The van der Waals surface area contributed by atoms with Gasteiger partial charge in [0.15, 0.2) is 0 Å². The molecule has 0 aromatic heterocycles. The van der Waals surface area contributed by atoms with Crippen LogP contribution in [0.3, 0.4) is 0 Å². The highest BCUT2D eigenvalue weighted by molar-refractivity contribution is 6.38. The Balaban J connectivity index is 1.76. The molecule has 0 radical (unpaired) electrons. The van der Waals surface area contributed by atoms with E-state index in [-0.39, 0.29) is 11.8 Å². The smallest absolute Gasteiger partial charge is 0.258 e. The second-order valence-corrected chi connectivity index (χ2v) is 8.56. The molecule has 3 aromatic carbocycles. The molecule has 3 aromatic rings. The number of fused-ring (bicyclic) bond motifs is 1. The highest BCUT2D eigenvalue weighted by Crippen LogP contribution is 2.39. The van der Waals surface area contributed by atoms with Crippen LogP contribution in [0.25, 0.3) is 11.3 Å². The van der Waals surface area contributed by atoms with Gasteiger partial charge in [-0.25, -0.2) is 0 Å². The first-order valence-electron chi connectivity index (χ1n) is 10.5. The quantitative estimate of drug-likeness (QED) is 0.519. The molecule has 4 rings (SSSR count). The molecule has 0 bridgehead atoms. The van der Waals surface area contributed by atoms with Crippen LogP contribution in [0.1, 0.15) is 11.1 Å². The first kappa shape index (κ1) is 22.6. The summed E-state index contributed by atoms with van der Waals surface area (Å²) >= 11 is 6.13. The number of likely N-dealkylation sites (N-methyl/N-ethyl adjacent to an activating group) is 2. The zero-order valence-electron chi connectivity index (χ0n) is 18.7. The largest absolute Gasteiger partial charge is 0.354 e. The number of benzene rings is 3. The maximum atomic E-state index is 13.0. The van der Waals surface area contributed by atoms with Gasteiger partial charge in [0.1, 0.15) is 0 Å². The summed E-state index contributed by atoms with van der Waals surface area (Å²) in [7, 11) is 5.48. The molecule has 0 atom stereocenters. The second-order valence-electron chi connectivity index (χ2n) is 8.13. The number of hydrogen-bond donors (Lipinski definition) is 2. The van der Waals surface area contributed by atoms with Crippen LogP contribution >= 0.6 is 11.6 Å². The minimum absolute atomic E-state index is 0.0141. The van der Waals surface area contributed by atoms with Gasteiger partial charge in [-0.1, -0.05) is 54.1 Å². The Labute approximate surface area is 198 Å². The predicted molar refractivity (Wildman–Crippen MR) is 135 cm³/mol. The van der Waals surface area contributed by atoms with Gasteiger partial charge in [-0.05, 0) is 50.0 Å². The van der Waals surface area contributed by atoms with Gasteiger partial charge in [0, 0.05) is 29.0 Å². The Kier molecular flexibility index (Phi) is 6.49. The molecule has 33 heavy (non-hydrogen) atoms. The number of anilines is 3. The first-order valence-corrected chi connectivity index (χ1v) is 10.9. The average Bonchev–Trinajstić information content (AvgIpc) is 3.11. The summed E-state index contributed by atoms with van der Waals surface area (Å²) in [5, 5.41) is 6.90. The third-order valence-electron chi connectivity index (χ3n) is 5.37. The molecule has 0 saturated heterocycles. The van der Waals surface area contributed by atoms with Crippen molar-refractivity contribution in [1.29, 1.82) is 0 Å². The molecule has 0 saturated carbocycles. The zero-order valence-corrected chi connectivity index (χ0v) is 19.5. The fourth-order valence-electron chi connectivity index (χ4n) is 3.73. The molecule has 1 heterocycles. The topological polar surface area (TPSA) is 64.7 Å². The molecule has 1 aliphatic rings. The summed E-state index contributed by atoms with van der Waals surface area (Å²) in [6.07, 6.45) is 0. The summed E-state index contributed by atoms with van der Waals surface area (Å²) in [5.74, 6) is -0.215. The Morgan fingerprint density at radius 3 is 2.45 bits per heavy atom. The van der Waals surface area contributed by atoms with Crippen molar-refractivity contribution in [3.63, 3.8) is 0 Å². The Morgan fingerprint density at radius 1 is 0.970 bits per heavy atom. The van der Waals surface area contributed by atoms with Gasteiger partial charge in [0.2, 0.25) is 5.91 Å². The lowest BCUT2D eigenvalue weighted by Crippen LogP contribution is -2.35. The monoisotopic (exact) mass is 460 g/mol. The minimum atomic E-state index is -0.201. The summed E-state index contributed by atoms with van der Waals surface area (Å²) in [6.45, 7) is 0.312. The SMILES string of the molecule is CN(C)CC(=O)N(C)c1cccc(NC(=C2C(=O)Nc3cc(Cl)ccc32)c2ccccc2)c1. The Morgan fingerprint density at radius 2 is 1.73 bits per heavy atom. The van der Waals surface area contributed by atoms with E-state index in [0.717, 1.165) is 22.5 Å². The Bertz CT molecular complexity index is 1240. The predicted octanol–water partition coefficient (Wildman–Crippen LogP) is 4.80. The highest BCUT2D eigenvalue weighted by Gasteiger charge is 2.28. The zero-order chi connectivity index (χ0) is 23.5. The van der Waals surface area contributed by atoms with Crippen LogP contribution in [0.4, 0.5) is 17.1 Å². The summed E-state index contributed by atoms with van der Waals surface area (Å²) < 4.78 is 0. The van der Waals surface area contributed by atoms with Crippen LogP contribution < -0.4 is 15.5 Å². The molecule has 7 heteroatoms. The fourth-order valence-corrected chi connectivity index (χ4v) is 3.91. The van der Waals surface area contributed by atoms with E-state index in [1.807, 2.05) is 79.7 Å². The minimum Gasteiger partial charge on any atom is -0.354 e. The van der Waals surface area contributed by atoms with Crippen molar-refractivity contribution in [2.75, 3.05) is 43.2 Å². The molecule has 1 aliphatic heterocycles. The first-order chi connectivity index (χ1) is 15.8. The summed E-state index contributed by atoms with van der Waals surface area (Å²) in [6, 6.07) is 22.6.